The van der Waals surface area contributed by atoms with Crippen LogP contribution in [-0.2, 0) is 4.79 Å². The molecule has 0 saturated heterocycles. The van der Waals surface area contributed by atoms with Crippen LogP contribution in [0.5, 0.6) is 11.5 Å². The molecule has 0 saturated carbocycles. The predicted octanol–water partition coefficient (Wildman–Crippen LogP) is 4.83. The van der Waals surface area contributed by atoms with E-state index in [-0.39, 0.29) is 18.1 Å². The van der Waals surface area contributed by atoms with Gasteiger partial charge >= 0.3 is 0 Å². The number of amides is 2. The first-order valence-corrected chi connectivity index (χ1v) is 12.3. The highest BCUT2D eigenvalue weighted by Crippen LogP contribution is 2.31. The van der Waals surface area contributed by atoms with Crippen LogP contribution in [0.1, 0.15) is 38.1 Å². The van der Waals surface area contributed by atoms with Gasteiger partial charge in [0.15, 0.2) is 12.4 Å². The van der Waals surface area contributed by atoms with E-state index in [4.69, 9.17) is 25.2 Å². The molecule has 2 amide bonds. The Kier molecular flexibility index (Phi) is 7.76. The average molecular weight is 514 g/mol. The molecular weight excluding hydrogens is 482 g/mol. The Morgan fingerprint density at radius 1 is 0.921 bits per heavy atom. The summed E-state index contributed by atoms with van der Waals surface area (Å²) in [5, 5.41) is 6.92. The summed E-state index contributed by atoms with van der Waals surface area (Å²) < 4.78 is 11.4. The normalized spacial score (nSPS) is 11.2. The molecule has 4 N–H and O–H groups in total. The summed E-state index contributed by atoms with van der Waals surface area (Å²) in [6.07, 6.45) is 0. The molecular formula is C29H31N5O4. The van der Waals surface area contributed by atoms with Crippen LogP contribution in [0.15, 0.2) is 66.7 Å². The van der Waals surface area contributed by atoms with Crippen molar-refractivity contribution in [3.05, 3.63) is 72.3 Å². The third-order valence-corrected chi connectivity index (χ3v) is 5.36. The van der Waals surface area contributed by atoms with Gasteiger partial charge in [-0.3, -0.25) is 9.59 Å². The Hall–Kier alpha value is -4.66. The summed E-state index contributed by atoms with van der Waals surface area (Å²) in [6, 6.07) is 19.7. The molecule has 4 aromatic rings. The van der Waals surface area contributed by atoms with Gasteiger partial charge in [0.2, 0.25) is 5.91 Å². The van der Waals surface area contributed by atoms with Gasteiger partial charge in [0.05, 0.1) is 12.1 Å². The maximum atomic E-state index is 12.2. The maximum Gasteiger partial charge on any atom is 0.258 e. The molecule has 4 rings (SSSR count). The standard InChI is InChI=1S/C29H31N5O4/c1-5-37-22-12-13-24-23(16-22)28(31-20-10-6-8-18(14-20)26(30)36)33-27(32-24)19-9-7-11-21(15-19)38-17-25(35)34-29(2,3)4/h6-16H,5,17H2,1-4H3,(H2,30,36)(H,34,35)(H,31,32,33). The molecule has 3 aromatic carbocycles. The largest absolute Gasteiger partial charge is 0.494 e. The van der Waals surface area contributed by atoms with Crippen LogP contribution in [0, 0.1) is 0 Å². The predicted molar refractivity (Wildman–Crippen MR) is 148 cm³/mol. The fourth-order valence-electron chi connectivity index (χ4n) is 3.80. The molecule has 0 unspecified atom stereocenters. The van der Waals surface area contributed by atoms with Gasteiger partial charge in [0, 0.05) is 27.7 Å². The summed E-state index contributed by atoms with van der Waals surface area (Å²) in [4.78, 5) is 33.4. The number of rotatable bonds is 9. The number of aromatic nitrogens is 2. The number of hydrogen-bond donors (Lipinski definition) is 3. The van der Waals surface area contributed by atoms with E-state index in [1.54, 1.807) is 30.3 Å². The number of hydrogen-bond acceptors (Lipinski definition) is 7. The average Bonchev–Trinajstić information content (AvgIpc) is 2.87. The van der Waals surface area contributed by atoms with Crippen LogP contribution < -0.4 is 25.8 Å². The first-order chi connectivity index (χ1) is 18.1. The number of fused-ring (bicyclic) bond motifs is 1. The van der Waals surface area contributed by atoms with E-state index in [1.807, 2.05) is 64.1 Å². The van der Waals surface area contributed by atoms with Crippen molar-refractivity contribution in [2.75, 3.05) is 18.5 Å². The minimum absolute atomic E-state index is 0.109. The van der Waals surface area contributed by atoms with E-state index < -0.39 is 5.91 Å². The third kappa shape index (κ3) is 6.76. The number of anilines is 2. The fraction of sp³-hybridized carbons (Fsp3) is 0.241. The van der Waals surface area contributed by atoms with Crippen molar-refractivity contribution in [2.45, 2.75) is 33.2 Å². The molecule has 0 bridgehead atoms. The summed E-state index contributed by atoms with van der Waals surface area (Å²) in [7, 11) is 0. The smallest absolute Gasteiger partial charge is 0.258 e. The summed E-state index contributed by atoms with van der Waals surface area (Å²) in [5.41, 5.74) is 7.55. The van der Waals surface area contributed by atoms with Crippen LogP contribution in [0.2, 0.25) is 0 Å². The Morgan fingerprint density at radius 3 is 2.42 bits per heavy atom. The second kappa shape index (κ2) is 11.2. The van der Waals surface area contributed by atoms with E-state index in [1.165, 1.54) is 0 Å². The van der Waals surface area contributed by atoms with Crippen molar-refractivity contribution >= 4 is 34.2 Å². The molecule has 0 radical (unpaired) electrons. The van der Waals surface area contributed by atoms with Gasteiger partial charge < -0.3 is 25.8 Å². The van der Waals surface area contributed by atoms with Gasteiger partial charge in [-0.2, -0.15) is 0 Å². The number of carbonyl (C=O) groups excluding carboxylic acids is 2. The third-order valence-electron chi connectivity index (χ3n) is 5.36. The van der Waals surface area contributed by atoms with E-state index in [9.17, 15) is 9.59 Å². The molecule has 0 aliphatic carbocycles. The van der Waals surface area contributed by atoms with Gasteiger partial charge in [-0.1, -0.05) is 18.2 Å². The molecule has 0 aliphatic rings. The lowest BCUT2D eigenvalue weighted by Crippen LogP contribution is -2.43. The highest BCUT2D eigenvalue weighted by molar-refractivity contribution is 5.96. The number of nitrogens with zero attached hydrogens (tertiary/aromatic N) is 2. The van der Waals surface area contributed by atoms with Crippen molar-refractivity contribution in [1.82, 2.24) is 15.3 Å². The zero-order valence-electron chi connectivity index (χ0n) is 21.9. The molecule has 9 heteroatoms. The van der Waals surface area contributed by atoms with Gasteiger partial charge in [-0.05, 0) is 76.2 Å². The summed E-state index contributed by atoms with van der Waals surface area (Å²) in [5.74, 6) is 1.47. The Morgan fingerprint density at radius 2 is 1.68 bits per heavy atom. The minimum atomic E-state index is -0.520. The summed E-state index contributed by atoms with van der Waals surface area (Å²) in [6.45, 7) is 8.07. The van der Waals surface area contributed by atoms with Crippen LogP contribution in [0.3, 0.4) is 0 Å². The van der Waals surface area contributed by atoms with Crippen LogP contribution in [-0.4, -0.2) is 40.5 Å². The molecule has 38 heavy (non-hydrogen) atoms. The first kappa shape index (κ1) is 26.4. The lowest BCUT2D eigenvalue weighted by Gasteiger charge is -2.20. The van der Waals surface area contributed by atoms with Crippen molar-refractivity contribution in [3.63, 3.8) is 0 Å². The zero-order chi connectivity index (χ0) is 27.3. The second-order valence-electron chi connectivity index (χ2n) is 9.69. The Labute approximate surface area is 221 Å². The van der Waals surface area contributed by atoms with Gasteiger partial charge in [-0.15, -0.1) is 0 Å². The monoisotopic (exact) mass is 513 g/mol. The summed E-state index contributed by atoms with van der Waals surface area (Å²) >= 11 is 0. The van der Waals surface area contributed by atoms with Crippen LogP contribution in [0.4, 0.5) is 11.5 Å². The zero-order valence-corrected chi connectivity index (χ0v) is 21.9. The van der Waals surface area contributed by atoms with Gasteiger partial charge in [-0.25, -0.2) is 9.97 Å². The SMILES string of the molecule is CCOc1ccc2nc(-c3cccc(OCC(=O)NC(C)(C)C)c3)nc(Nc3cccc(C(N)=O)c3)c2c1. The van der Waals surface area contributed by atoms with Crippen LogP contribution >= 0.6 is 0 Å². The Bertz CT molecular complexity index is 1480. The first-order valence-electron chi connectivity index (χ1n) is 12.3. The van der Waals surface area contributed by atoms with Crippen molar-refractivity contribution in [3.8, 4) is 22.9 Å². The number of nitrogens with one attached hydrogen (secondary N) is 2. The topological polar surface area (TPSA) is 128 Å². The number of ether oxygens (including phenoxy) is 2. The highest BCUT2D eigenvalue weighted by atomic mass is 16.5. The maximum absolute atomic E-state index is 12.2. The molecule has 0 atom stereocenters. The van der Waals surface area contributed by atoms with E-state index in [2.05, 4.69) is 10.6 Å². The molecule has 0 fully saturated rings. The molecule has 9 nitrogen and oxygen atoms in total. The highest BCUT2D eigenvalue weighted by Gasteiger charge is 2.15. The second-order valence-corrected chi connectivity index (χ2v) is 9.69. The number of nitrogens with two attached hydrogens (primary N) is 1. The van der Waals surface area contributed by atoms with Crippen molar-refractivity contribution in [1.29, 1.82) is 0 Å². The van der Waals surface area contributed by atoms with Gasteiger partial charge in [0.1, 0.15) is 17.3 Å². The molecule has 1 heterocycles. The van der Waals surface area contributed by atoms with E-state index in [0.29, 0.717) is 52.1 Å². The minimum Gasteiger partial charge on any atom is -0.494 e. The lowest BCUT2D eigenvalue weighted by molar-refractivity contribution is -0.124. The number of primary amides is 1. The van der Waals surface area contributed by atoms with E-state index in [0.717, 1.165) is 5.39 Å². The van der Waals surface area contributed by atoms with Crippen molar-refractivity contribution < 1.29 is 19.1 Å². The number of carbonyl (C=O) groups is 2. The van der Waals surface area contributed by atoms with Crippen LogP contribution in [0.25, 0.3) is 22.3 Å². The van der Waals surface area contributed by atoms with E-state index >= 15 is 0 Å². The fourth-order valence-corrected chi connectivity index (χ4v) is 3.80. The Balaban J connectivity index is 1.70. The number of benzene rings is 3. The van der Waals surface area contributed by atoms with Crippen molar-refractivity contribution in [2.24, 2.45) is 5.73 Å². The molecule has 1 aromatic heterocycles. The molecule has 0 spiro atoms. The quantitative estimate of drug-likeness (QED) is 0.292. The molecule has 0 aliphatic heterocycles. The molecule has 196 valence electrons. The lowest BCUT2D eigenvalue weighted by atomic mass is 10.1. The van der Waals surface area contributed by atoms with Gasteiger partial charge in [0.25, 0.3) is 5.91 Å².